The number of hydrogen-bond acceptors (Lipinski definition) is 3. The van der Waals surface area contributed by atoms with Gasteiger partial charge in [-0.15, -0.1) is 0 Å². The van der Waals surface area contributed by atoms with E-state index in [1.165, 1.54) is 0 Å². The van der Waals surface area contributed by atoms with Crippen molar-refractivity contribution in [2.75, 3.05) is 6.54 Å². The molecule has 0 saturated carbocycles. The molecule has 1 fully saturated rings. The average molecular weight is 207 g/mol. The first-order valence-electron chi connectivity index (χ1n) is 5.52. The molecule has 1 N–H and O–H groups in total. The SMILES string of the molecule is CCC1(C(=O)c2cocc2C)CCCN1. The zero-order valence-corrected chi connectivity index (χ0v) is 9.30. The summed E-state index contributed by atoms with van der Waals surface area (Å²) in [6.45, 7) is 4.91. The molecule has 2 rings (SSSR count). The molecule has 1 aromatic heterocycles. The van der Waals surface area contributed by atoms with Crippen LogP contribution in [-0.4, -0.2) is 17.9 Å². The van der Waals surface area contributed by atoms with Crippen LogP contribution in [0.15, 0.2) is 16.9 Å². The predicted octanol–water partition coefficient (Wildman–Crippen LogP) is 2.30. The van der Waals surface area contributed by atoms with Crippen LogP contribution in [0, 0.1) is 6.92 Å². The summed E-state index contributed by atoms with van der Waals surface area (Å²) >= 11 is 0. The Hall–Kier alpha value is -1.09. The quantitative estimate of drug-likeness (QED) is 0.773. The molecule has 15 heavy (non-hydrogen) atoms. The molecule has 1 atom stereocenters. The van der Waals surface area contributed by atoms with Crippen molar-refractivity contribution in [2.45, 2.75) is 38.6 Å². The third kappa shape index (κ3) is 1.61. The molecule has 3 nitrogen and oxygen atoms in total. The van der Waals surface area contributed by atoms with Gasteiger partial charge < -0.3 is 9.73 Å². The van der Waals surface area contributed by atoms with Crippen LogP contribution in [0.1, 0.15) is 42.1 Å². The largest absolute Gasteiger partial charge is 0.472 e. The number of rotatable bonds is 3. The molecule has 3 heteroatoms. The van der Waals surface area contributed by atoms with E-state index in [1.54, 1.807) is 12.5 Å². The molecule has 82 valence electrons. The molecule has 0 radical (unpaired) electrons. The molecule has 0 amide bonds. The molecular formula is C12H17NO2. The van der Waals surface area contributed by atoms with Gasteiger partial charge >= 0.3 is 0 Å². The van der Waals surface area contributed by atoms with E-state index < -0.39 is 0 Å². The van der Waals surface area contributed by atoms with E-state index in [1.807, 2.05) is 6.92 Å². The van der Waals surface area contributed by atoms with Crippen LogP contribution in [0.5, 0.6) is 0 Å². The smallest absolute Gasteiger partial charge is 0.186 e. The van der Waals surface area contributed by atoms with Crippen molar-refractivity contribution < 1.29 is 9.21 Å². The molecular weight excluding hydrogens is 190 g/mol. The maximum Gasteiger partial charge on any atom is 0.186 e. The van der Waals surface area contributed by atoms with Gasteiger partial charge in [-0.25, -0.2) is 0 Å². The van der Waals surface area contributed by atoms with Gasteiger partial charge in [0.25, 0.3) is 0 Å². The van der Waals surface area contributed by atoms with Gasteiger partial charge in [-0.3, -0.25) is 4.79 Å². The summed E-state index contributed by atoms with van der Waals surface area (Å²) in [5, 5.41) is 3.34. The number of hydrogen-bond donors (Lipinski definition) is 1. The molecule has 0 aliphatic carbocycles. The Balaban J connectivity index is 2.30. The number of aryl methyl sites for hydroxylation is 1. The predicted molar refractivity (Wildman–Crippen MR) is 58.0 cm³/mol. The van der Waals surface area contributed by atoms with E-state index in [0.29, 0.717) is 0 Å². The summed E-state index contributed by atoms with van der Waals surface area (Å²) in [6.07, 6.45) is 6.06. The van der Waals surface area contributed by atoms with Crippen molar-refractivity contribution in [3.63, 3.8) is 0 Å². The highest BCUT2D eigenvalue weighted by atomic mass is 16.3. The summed E-state index contributed by atoms with van der Waals surface area (Å²) in [5.41, 5.74) is 1.32. The van der Waals surface area contributed by atoms with E-state index in [9.17, 15) is 4.79 Å². The number of Topliss-reactive ketones (excluding diaryl/α,β-unsaturated/α-hetero) is 1. The molecule has 1 aromatic rings. The van der Waals surface area contributed by atoms with Gasteiger partial charge in [-0.1, -0.05) is 6.92 Å². The lowest BCUT2D eigenvalue weighted by Gasteiger charge is -2.26. The zero-order valence-electron chi connectivity index (χ0n) is 9.30. The summed E-state index contributed by atoms with van der Waals surface area (Å²) < 4.78 is 5.07. The molecule has 0 spiro atoms. The fourth-order valence-electron chi connectivity index (χ4n) is 2.31. The second-order valence-corrected chi connectivity index (χ2v) is 4.26. The van der Waals surface area contributed by atoms with Crippen molar-refractivity contribution in [1.82, 2.24) is 5.32 Å². The Bertz CT molecular complexity index is 361. The zero-order chi connectivity index (χ0) is 10.9. The average Bonchev–Trinajstić information content (AvgIpc) is 2.86. The highest BCUT2D eigenvalue weighted by Gasteiger charge is 2.40. The first kappa shape index (κ1) is 10.4. The van der Waals surface area contributed by atoms with E-state index >= 15 is 0 Å². The van der Waals surface area contributed by atoms with Gasteiger partial charge in [-0.2, -0.15) is 0 Å². The molecule has 1 aliphatic heterocycles. The minimum Gasteiger partial charge on any atom is -0.472 e. The Morgan fingerprint density at radius 3 is 2.87 bits per heavy atom. The van der Waals surface area contributed by atoms with Gasteiger partial charge in [0.1, 0.15) is 6.26 Å². The van der Waals surface area contributed by atoms with E-state index in [4.69, 9.17) is 4.42 Å². The summed E-state index contributed by atoms with van der Waals surface area (Å²) in [6, 6.07) is 0. The van der Waals surface area contributed by atoms with Crippen LogP contribution in [-0.2, 0) is 0 Å². The number of carbonyl (C=O) groups excluding carboxylic acids is 1. The van der Waals surface area contributed by atoms with E-state index in [2.05, 4.69) is 12.2 Å². The van der Waals surface area contributed by atoms with Gasteiger partial charge in [0.15, 0.2) is 5.78 Å². The lowest BCUT2D eigenvalue weighted by Crippen LogP contribution is -2.47. The van der Waals surface area contributed by atoms with Crippen LogP contribution >= 0.6 is 0 Å². The molecule has 0 aromatic carbocycles. The topological polar surface area (TPSA) is 42.2 Å². The Morgan fingerprint density at radius 2 is 2.40 bits per heavy atom. The normalized spacial score (nSPS) is 25.7. The third-order valence-electron chi connectivity index (χ3n) is 3.38. The standard InChI is InChI=1S/C12H17NO2/c1-3-12(5-4-6-13-12)11(14)10-8-15-7-9(10)2/h7-8,13H,3-6H2,1-2H3. The fraction of sp³-hybridized carbons (Fsp3) is 0.583. The van der Waals surface area contributed by atoms with E-state index in [-0.39, 0.29) is 11.3 Å². The molecule has 1 saturated heterocycles. The van der Waals surface area contributed by atoms with Crippen LogP contribution in [0.4, 0.5) is 0 Å². The monoisotopic (exact) mass is 207 g/mol. The minimum absolute atomic E-state index is 0.189. The lowest BCUT2D eigenvalue weighted by atomic mass is 9.85. The maximum atomic E-state index is 12.4. The first-order chi connectivity index (χ1) is 7.19. The van der Waals surface area contributed by atoms with E-state index in [0.717, 1.165) is 36.9 Å². The van der Waals surface area contributed by atoms with Gasteiger partial charge in [0.05, 0.1) is 17.4 Å². The molecule has 0 bridgehead atoms. The van der Waals surface area contributed by atoms with Gasteiger partial charge in [0, 0.05) is 0 Å². The number of furan rings is 1. The van der Waals surface area contributed by atoms with Crippen molar-refractivity contribution in [3.05, 3.63) is 23.7 Å². The van der Waals surface area contributed by atoms with Crippen molar-refractivity contribution >= 4 is 5.78 Å². The van der Waals surface area contributed by atoms with Crippen molar-refractivity contribution in [1.29, 1.82) is 0 Å². The number of ketones is 1. The number of carbonyl (C=O) groups is 1. The second-order valence-electron chi connectivity index (χ2n) is 4.26. The highest BCUT2D eigenvalue weighted by Crippen LogP contribution is 2.28. The minimum atomic E-state index is -0.339. The van der Waals surface area contributed by atoms with Crippen LogP contribution in [0.2, 0.25) is 0 Å². The lowest BCUT2D eigenvalue weighted by molar-refractivity contribution is 0.0862. The summed E-state index contributed by atoms with van der Waals surface area (Å²) in [5.74, 6) is 0.189. The van der Waals surface area contributed by atoms with Crippen LogP contribution in [0.25, 0.3) is 0 Å². The number of nitrogens with one attached hydrogen (secondary N) is 1. The fourth-order valence-corrected chi connectivity index (χ4v) is 2.31. The maximum absolute atomic E-state index is 12.4. The second kappa shape index (κ2) is 3.81. The van der Waals surface area contributed by atoms with Crippen LogP contribution < -0.4 is 5.32 Å². The molecule has 1 unspecified atom stereocenters. The summed E-state index contributed by atoms with van der Waals surface area (Å²) in [7, 11) is 0. The highest BCUT2D eigenvalue weighted by molar-refractivity contribution is 6.04. The third-order valence-corrected chi connectivity index (χ3v) is 3.38. The Morgan fingerprint density at radius 1 is 1.60 bits per heavy atom. The Labute approximate surface area is 89.9 Å². The van der Waals surface area contributed by atoms with Gasteiger partial charge in [0.2, 0.25) is 0 Å². The van der Waals surface area contributed by atoms with Crippen LogP contribution in [0.3, 0.4) is 0 Å². The molecule has 2 heterocycles. The Kier molecular flexibility index (Phi) is 2.65. The summed E-state index contributed by atoms with van der Waals surface area (Å²) in [4.78, 5) is 12.4. The first-order valence-corrected chi connectivity index (χ1v) is 5.52. The molecule has 1 aliphatic rings. The van der Waals surface area contributed by atoms with Crippen molar-refractivity contribution in [3.8, 4) is 0 Å². The van der Waals surface area contributed by atoms with Crippen molar-refractivity contribution in [2.24, 2.45) is 0 Å². The van der Waals surface area contributed by atoms with Gasteiger partial charge in [-0.05, 0) is 38.3 Å².